The minimum absolute atomic E-state index is 0.0607. The van der Waals surface area contributed by atoms with Crippen LogP contribution in [0.5, 0.6) is 0 Å². The Hall–Kier alpha value is 0.150. The molecule has 0 N–H and O–H groups in total. The Morgan fingerprint density at radius 2 is 1.91 bits per heavy atom. The van der Waals surface area contributed by atoms with Gasteiger partial charge in [-0.15, -0.1) is 0 Å². The molecule has 0 bridgehead atoms. The highest BCUT2D eigenvalue weighted by Gasteiger charge is 2.23. The van der Waals surface area contributed by atoms with Crippen molar-refractivity contribution in [1.82, 2.24) is 0 Å². The lowest BCUT2D eigenvalue weighted by atomic mass is 9.85. The fraction of sp³-hybridized carbons (Fsp3) is 0.889. The summed E-state index contributed by atoms with van der Waals surface area (Å²) in [6, 6.07) is 0. The van der Waals surface area contributed by atoms with Gasteiger partial charge in [0.2, 0.25) is 0 Å². The second kappa shape index (κ2) is 4.24. The van der Waals surface area contributed by atoms with Crippen molar-refractivity contribution in [3.8, 4) is 0 Å². The van der Waals surface area contributed by atoms with Gasteiger partial charge in [0.1, 0.15) is 5.78 Å². The fourth-order valence-corrected chi connectivity index (χ4v) is 2.09. The number of hydrogen-bond acceptors (Lipinski definition) is 1. The first-order chi connectivity index (χ1) is 5.22. The Balaban J connectivity index is 2.39. The Labute approximate surface area is 76.7 Å². The first kappa shape index (κ1) is 9.24. The minimum Gasteiger partial charge on any atom is -0.298 e. The number of ketones is 1. The molecule has 0 aliphatic heterocycles. The first-order valence-electron chi connectivity index (χ1n) is 4.39. The maximum Gasteiger partial charge on any atom is 0.149 e. The average Bonchev–Trinajstić information content (AvgIpc) is 2.05. The monoisotopic (exact) mass is 218 g/mol. The zero-order valence-corrected chi connectivity index (χ0v) is 8.56. The fourth-order valence-electron chi connectivity index (χ4n) is 1.71. The molecular weight excluding hydrogens is 204 g/mol. The predicted molar refractivity (Wildman–Crippen MR) is 50.0 cm³/mol. The summed E-state index contributed by atoms with van der Waals surface area (Å²) in [5, 5.41) is 0. The number of rotatable bonds is 2. The van der Waals surface area contributed by atoms with Crippen molar-refractivity contribution in [3.63, 3.8) is 0 Å². The molecule has 0 amide bonds. The van der Waals surface area contributed by atoms with Gasteiger partial charge in [-0.2, -0.15) is 0 Å². The number of carbonyl (C=O) groups is 1. The molecule has 2 heteroatoms. The predicted octanol–water partition coefficient (Wildman–Crippen LogP) is 2.92. The van der Waals surface area contributed by atoms with Crippen LogP contribution in [0.4, 0.5) is 0 Å². The molecule has 11 heavy (non-hydrogen) atoms. The summed E-state index contributed by atoms with van der Waals surface area (Å²) in [5.41, 5.74) is 0. The van der Waals surface area contributed by atoms with E-state index in [4.69, 9.17) is 0 Å². The molecule has 0 radical (unpaired) electrons. The number of alkyl halides is 1. The summed E-state index contributed by atoms with van der Waals surface area (Å²) >= 11 is 3.33. The second-order valence-corrected chi connectivity index (χ2v) is 4.73. The van der Waals surface area contributed by atoms with E-state index < -0.39 is 0 Å². The molecule has 1 nitrogen and oxygen atoms in total. The Bertz CT molecular complexity index is 136. The molecule has 1 rings (SSSR count). The third-order valence-electron chi connectivity index (χ3n) is 2.40. The molecule has 0 aromatic rings. The van der Waals surface area contributed by atoms with Crippen LogP contribution in [0.25, 0.3) is 0 Å². The van der Waals surface area contributed by atoms with Gasteiger partial charge in [0.15, 0.2) is 0 Å². The summed E-state index contributed by atoms with van der Waals surface area (Å²) in [5.74, 6) is 0.767. The summed E-state index contributed by atoms with van der Waals surface area (Å²) in [4.78, 5) is 11.5. The molecule has 64 valence electrons. The van der Waals surface area contributed by atoms with Crippen molar-refractivity contribution >= 4 is 21.7 Å². The minimum atomic E-state index is 0.0607. The van der Waals surface area contributed by atoms with Crippen LogP contribution in [-0.4, -0.2) is 10.6 Å². The van der Waals surface area contributed by atoms with Crippen LogP contribution in [0.3, 0.4) is 0 Å². The number of hydrogen-bond donors (Lipinski definition) is 0. The van der Waals surface area contributed by atoms with Crippen molar-refractivity contribution in [3.05, 3.63) is 0 Å². The topological polar surface area (TPSA) is 17.1 Å². The highest BCUT2D eigenvalue weighted by molar-refractivity contribution is 9.10. The van der Waals surface area contributed by atoms with Gasteiger partial charge in [0.25, 0.3) is 0 Å². The van der Waals surface area contributed by atoms with Gasteiger partial charge in [-0.1, -0.05) is 35.2 Å². The van der Waals surface area contributed by atoms with Gasteiger partial charge in [-0.25, -0.2) is 0 Å². The molecule has 0 saturated heterocycles. The summed E-state index contributed by atoms with van der Waals surface area (Å²) < 4.78 is 0. The largest absolute Gasteiger partial charge is 0.298 e. The molecule has 0 unspecified atom stereocenters. The zero-order chi connectivity index (χ0) is 8.27. The van der Waals surface area contributed by atoms with E-state index in [0.717, 1.165) is 12.8 Å². The molecule has 1 aliphatic carbocycles. The molecule has 0 spiro atoms. The van der Waals surface area contributed by atoms with Crippen LogP contribution in [0.15, 0.2) is 0 Å². The SMILES string of the molecule is C[C@@H](Br)C(=O)C1CCCCC1. The second-order valence-electron chi connectivity index (χ2n) is 3.35. The van der Waals surface area contributed by atoms with Crippen LogP contribution < -0.4 is 0 Å². The highest BCUT2D eigenvalue weighted by atomic mass is 79.9. The van der Waals surface area contributed by atoms with Crippen molar-refractivity contribution in [2.45, 2.75) is 43.9 Å². The van der Waals surface area contributed by atoms with E-state index in [0.29, 0.717) is 11.7 Å². The molecular formula is C9H15BrO. The first-order valence-corrected chi connectivity index (χ1v) is 5.31. The van der Waals surface area contributed by atoms with Gasteiger partial charge in [0.05, 0.1) is 4.83 Å². The van der Waals surface area contributed by atoms with Crippen LogP contribution in [-0.2, 0) is 4.79 Å². The third-order valence-corrected chi connectivity index (χ3v) is 2.85. The maximum absolute atomic E-state index is 11.5. The van der Waals surface area contributed by atoms with Crippen molar-refractivity contribution in [2.75, 3.05) is 0 Å². The van der Waals surface area contributed by atoms with Crippen molar-refractivity contribution < 1.29 is 4.79 Å². The van der Waals surface area contributed by atoms with Gasteiger partial charge >= 0.3 is 0 Å². The normalized spacial score (nSPS) is 23.1. The van der Waals surface area contributed by atoms with E-state index in [1.165, 1.54) is 19.3 Å². The third kappa shape index (κ3) is 2.58. The molecule has 1 aliphatic rings. The Morgan fingerprint density at radius 3 is 2.36 bits per heavy atom. The van der Waals surface area contributed by atoms with Gasteiger partial charge in [0, 0.05) is 5.92 Å². The molecule has 0 aromatic carbocycles. The smallest absolute Gasteiger partial charge is 0.149 e. The Morgan fingerprint density at radius 1 is 1.36 bits per heavy atom. The number of carbonyl (C=O) groups excluding carboxylic acids is 1. The lowest BCUT2D eigenvalue weighted by Gasteiger charge is -2.21. The summed E-state index contributed by atoms with van der Waals surface area (Å²) in [7, 11) is 0. The highest BCUT2D eigenvalue weighted by Crippen LogP contribution is 2.26. The average molecular weight is 219 g/mol. The van der Waals surface area contributed by atoms with Crippen LogP contribution in [0, 0.1) is 5.92 Å². The van der Waals surface area contributed by atoms with Crippen LogP contribution in [0.2, 0.25) is 0 Å². The summed E-state index contributed by atoms with van der Waals surface area (Å²) in [6.45, 7) is 1.93. The van der Waals surface area contributed by atoms with Gasteiger partial charge < -0.3 is 0 Å². The van der Waals surface area contributed by atoms with E-state index in [1.807, 2.05) is 6.92 Å². The van der Waals surface area contributed by atoms with Gasteiger partial charge in [-0.3, -0.25) is 4.79 Å². The molecule has 0 aromatic heterocycles. The summed E-state index contributed by atoms with van der Waals surface area (Å²) in [6.07, 6.45) is 6.05. The Kier molecular flexibility index (Phi) is 3.57. The molecule has 1 fully saturated rings. The molecule has 0 heterocycles. The lowest BCUT2D eigenvalue weighted by Crippen LogP contribution is -2.23. The van der Waals surface area contributed by atoms with E-state index in [-0.39, 0.29) is 4.83 Å². The lowest BCUT2D eigenvalue weighted by molar-refractivity contribution is -0.122. The van der Waals surface area contributed by atoms with Crippen LogP contribution in [0.1, 0.15) is 39.0 Å². The molecule has 1 atom stereocenters. The number of Topliss-reactive ketones (excluding diaryl/α,β-unsaturated/α-hetero) is 1. The molecule has 1 saturated carbocycles. The number of halogens is 1. The quantitative estimate of drug-likeness (QED) is 0.652. The zero-order valence-electron chi connectivity index (χ0n) is 6.98. The maximum atomic E-state index is 11.5. The van der Waals surface area contributed by atoms with E-state index in [9.17, 15) is 4.79 Å². The van der Waals surface area contributed by atoms with Crippen molar-refractivity contribution in [2.24, 2.45) is 5.92 Å². The van der Waals surface area contributed by atoms with E-state index >= 15 is 0 Å². The van der Waals surface area contributed by atoms with E-state index in [2.05, 4.69) is 15.9 Å². The van der Waals surface area contributed by atoms with Crippen molar-refractivity contribution in [1.29, 1.82) is 0 Å². The van der Waals surface area contributed by atoms with E-state index in [1.54, 1.807) is 0 Å². The van der Waals surface area contributed by atoms with Gasteiger partial charge in [-0.05, 0) is 19.8 Å². The standard InChI is InChI=1S/C9H15BrO/c1-7(10)9(11)8-5-3-2-4-6-8/h7-8H,2-6H2,1H3/t7-/m1/s1. The van der Waals surface area contributed by atoms with Crippen LogP contribution >= 0.6 is 15.9 Å².